The molecule has 1 aliphatic rings. The van der Waals surface area contributed by atoms with Crippen LogP contribution >= 0.6 is 11.9 Å². The Morgan fingerprint density at radius 3 is 2.56 bits per heavy atom. The van der Waals surface area contributed by atoms with Crippen LogP contribution in [0.15, 0.2) is 59.5 Å². The number of ether oxygens (including phenoxy) is 2. The molecule has 2 aromatic carbocycles. The molecule has 7 nitrogen and oxygen atoms in total. The van der Waals surface area contributed by atoms with Crippen LogP contribution < -0.4 is 19.1 Å². The summed E-state index contributed by atoms with van der Waals surface area (Å²) in [5.41, 5.74) is 5.85. The Morgan fingerprint density at radius 1 is 1.00 bits per heavy atom. The predicted molar refractivity (Wildman–Crippen MR) is 137 cm³/mol. The number of hydrogen-bond acceptors (Lipinski definition) is 7. The number of hydrogen-bond donors (Lipinski definition) is 1. The lowest BCUT2D eigenvalue weighted by molar-refractivity contribution is 0.355. The molecule has 0 radical (unpaired) electrons. The van der Waals surface area contributed by atoms with Crippen LogP contribution in [0.1, 0.15) is 17.8 Å². The highest BCUT2D eigenvalue weighted by Gasteiger charge is 2.26. The van der Waals surface area contributed by atoms with E-state index in [1.807, 2.05) is 42.6 Å². The lowest BCUT2D eigenvalue weighted by Crippen LogP contribution is -2.28. The van der Waals surface area contributed by atoms with Gasteiger partial charge < -0.3 is 14.4 Å². The fourth-order valence-corrected chi connectivity index (χ4v) is 5.28. The minimum atomic E-state index is 0.403. The van der Waals surface area contributed by atoms with Crippen LogP contribution in [0.2, 0.25) is 0 Å². The van der Waals surface area contributed by atoms with E-state index in [4.69, 9.17) is 19.6 Å². The van der Waals surface area contributed by atoms with Crippen molar-refractivity contribution in [3.8, 4) is 22.8 Å². The fourth-order valence-electron chi connectivity index (χ4n) is 4.49. The molecule has 8 heteroatoms. The van der Waals surface area contributed by atoms with Crippen LogP contribution in [0.5, 0.6) is 11.5 Å². The van der Waals surface area contributed by atoms with Crippen molar-refractivity contribution < 1.29 is 9.47 Å². The van der Waals surface area contributed by atoms with Crippen molar-refractivity contribution in [3.05, 3.63) is 66.0 Å². The molecule has 4 aromatic rings. The quantitative estimate of drug-likeness (QED) is 0.381. The maximum absolute atomic E-state index is 5.53. The van der Waals surface area contributed by atoms with E-state index in [-0.39, 0.29) is 0 Å². The molecular weight excluding hydrogens is 446 g/mol. The van der Waals surface area contributed by atoms with Gasteiger partial charge in [0.1, 0.15) is 0 Å². The third-order valence-electron chi connectivity index (χ3n) is 6.13. The van der Waals surface area contributed by atoms with Gasteiger partial charge in [0.05, 0.1) is 37.0 Å². The van der Waals surface area contributed by atoms with E-state index >= 15 is 0 Å². The molecule has 1 saturated heterocycles. The molecule has 1 N–H and O–H groups in total. The second-order valence-electron chi connectivity index (χ2n) is 8.49. The van der Waals surface area contributed by atoms with Gasteiger partial charge >= 0.3 is 0 Å². The second kappa shape index (κ2) is 9.56. The first-order valence-electron chi connectivity index (χ1n) is 11.4. The van der Waals surface area contributed by atoms with Crippen molar-refractivity contribution in [1.82, 2.24) is 19.3 Å². The van der Waals surface area contributed by atoms with E-state index < -0.39 is 0 Å². The van der Waals surface area contributed by atoms with E-state index in [2.05, 4.69) is 40.0 Å². The van der Waals surface area contributed by atoms with Crippen LogP contribution in [0.4, 0.5) is 5.69 Å². The molecule has 3 heterocycles. The van der Waals surface area contributed by atoms with Gasteiger partial charge in [-0.25, -0.2) is 9.50 Å². The standard InChI is InChI=1S/C26H29N5O2S/c1-17-14-22(30-13-12-20(16-30)29-34-21-8-6-5-7-9-21)26-27-18(2)25(31(26)28-17)19-10-11-23(32-3)24(15-19)33-4/h5-11,14-15,20,29H,12-13,16H2,1-4H3. The van der Waals surface area contributed by atoms with Crippen molar-refractivity contribution in [2.24, 2.45) is 0 Å². The first-order valence-corrected chi connectivity index (χ1v) is 12.2. The number of nitrogens with zero attached hydrogens (tertiary/aromatic N) is 4. The molecule has 2 aromatic heterocycles. The number of aromatic nitrogens is 3. The summed E-state index contributed by atoms with van der Waals surface area (Å²) >= 11 is 1.70. The van der Waals surface area contributed by atoms with Crippen molar-refractivity contribution in [1.29, 1.82) is 0 Å². The molecule has 0 spiro atoms. The Bertz CT molecular complexity index is 1310. The number of imidazole rings is 1. The molecule has 5 rings (SSSR count). The maximum Gasteiger partial charge on any atom is 0.178 e. The Labute approximate surface area is 204 Å². The smallest absolute Gasteiger partial charge is 0.178 e. The topological polar surface area (TPSA) is 63.9 Å². The van der Waals surface area contributed by atoms with Gasteiger partial charge in [-0.05, 0) is 68.6 Å². The molecule has 1 atom stereocenters. The molecule has 34 heavy (non-hydrogen) atoms. The van der Waals surface area contributed by atoms with Gasteiger partial charge in [-0.2, -0.15) is 5.10 Å². The normalized spacial score (nSPS) is 15.8. The van der Waals surface area contributed by atoms with Crippen LogP contribution in [-0.4, -0.2) is 47.9 Å². The number of methoxy groups -OCH3 is 2. The Kier molecular flexibility index (Phi) is 6.34. The largest absolute Gasteiger partial charge is 0.493 e. The van der Waals surface area contributed by atoms with Gasteiger partial charge in [-0.15, -0.1) is 0 Å². The summed E-state index contributed by atoms with van der Waals surface area (Å²) in [6.45, 7) is 5.97. The summed E-state index contributed by atoms with van der Waals surface area (Å²) in [5, 5.41) is 4.83. The Hall–Kier alpha value is -3.23. The SMILES string of the molecule is COc1ccc(-c2c(C)nc3c(N4CCC(NSc5ccccc5)C4)cc(C)nn23)cc1OC. The third kappa shape index (κ3) is 4.31. The van der Waals surface area contributed by atoms with Crippen LogP contribution in [0, 0.1) is 13.8 Å². The average Bonchev–Trinajstić information content (AvgIpc) is 3.46. The summed E-state index contributed by atoms with van der Waals surface area (Å²) in [6, 6.07) is 18.9. The number of rotatable bonds is 7. The average molecular weight is 476 g/mol. The first-order chi connectivity index (χ1) is 16.6. The highest BCUT2D eigenvalue weighted by Crippen LogP contribution is 2.36. The highest BCUT2D eigenvalue weighted by atomic mass is 32.2. The fraction of sp³-hybridized carbons (Fsp3) is 0.308. The molecule has 0 bridgehead atoms. The summed E-state index contributed by atoms with van der Waals surface area (Å²) in [7, 11) is 3.29. The first kappa shape index (κ1) is 22.6. The Balaban J connectivity index is 1.45. The maximum atomic E-state index is 5.53. The van der Waals surface area contributed by atoms with E-state index in [0.29, 0.717) is 17.5 Å². The molecule has 0 saturated carbocycles. The van der Waals surface area contributed by atoms with E-state index in [1.54, 1.807) is 26.2 Å². The van der Waals surface area contributed by atoms with Crippen LogP contribution in [0.3, 0.4) is 0 Å². The van der Waals surface area contributed by atoms with Crippen molar-refractivity contribution in [3.63, 3.8) is 0 Å². The zero-order valence-corrected chi connectivity index (χ0v) is 20.7. The summed E-state index contributed by atoms with van der Waals surface area (Å²) < 4.78 is 16.5. The van der Waals surface area contributed by atoms with Crippen molar-refractivity contribution in [2.75, 3.05) is 32.2 Å². The van der Waals surface area contributed by atoms with Gasteiger partial charge in [0, 0.05) is 29.6 Å². The number of fused-ring (bicyclic) bond motifs is 1. The molecule has 0 amide bonds. The van der Waals surface area contributed by atoms with Crippen LogP contribution in [0.25, 0.3) is 16.9 Å². The number of anilines is 1. The zero-order valence-electron chi connectivity index (χ0n) is 19.9. The van der Waals surface area contributed by atoms with E-state index in [1.165, 1.54) is 4.90 Å². The van der Waals surface area contributed by atoms with Crippen molar-refractivity contribution >= 4 is 23.3 Å². The highest BCUT2D eigenvalue weighted by molar-refractivity contribution is 7.97. The summed E-state index contributed by atoms with van der Waals surface area (Å²) in [5.74, 6) is 1.39. The number of nitrogens with one attached hydrogen (secondary N) is 1. The van der Waals surface area contributed by atoms with Crippen molar-refractivity contribution in [2.45, 2.75) is 31.2 Å². The summed E-state index contributed by atoms with van der Waals surface area (Å²) in [4.78, 5) is 8.60. The predicted octanol–water partition coefficient (Wildman–Crippen LogP) is 4.91. The minimum absolute atomic E-state index is 0.403. The van der Waals surface area contributed by atoms with Gasteiger partial charge in [0.25, 0.3) is 0 Å². The minimum Gasteiger partial charge on any atom is -0.493 e. The lowest BCUT2D eigenvalue weighted by atomic mass is 10.1. The molecule has 1 aliphatic heterocycles. The molecule has 1 unspecified atom stereocenters. The monoisotopic (exact) mass is 475 g/mol. The molecule has 1 fully saturated rings. The third-order valence-corrected chi connectivity index (χ3v) is 7.09. The number of aryl methyl sites for hydroxylation is 2. The van der Waals surface area contributed by atoms with E-state index in [0.717, 1.165) is 53.5 Å². The Morgan fingerprint density at radius 2 is 1.79 bits per heavy atom. The zero-order chi connectivity index (χ0) is 23.7. The van der Waals surface area contributed by atoms with Crippen LogP contribution in [-0.2, 0) is 0 Å². The summed E-state index contributed by atoms with van der Waals surface area (Å²) in [6.07, 6.45) is 1.08. The van der Waals surface area contributed by atoms with Gasteiger partial charge in [-0.1, -0.05) is 18.2 Å². The number of benzene rings is 2. The second-order valence-corrected chi connectivity index (χ2v) is 9.40. The van der Waals surface area contributed by atoms with E-state index in [9.17, 15) is 0 Å². The van der Waals surface area contributed by atoms with Gasteiger partial charge in [-0.3, -0.25) is 4.72 Å². The lowest BCUT2D eigenvalue weighted by Gasteiger charge is -2.20. The molecular formula is C26H29N5O2S. The van der Waals surface area contributed by atoms with Gasteiger partial charge in [0.2, 0.25) is 0 Å². The molecule has 176 valence electrons. The molecule has 0 aliphatic carbocycles. The van der Waals surface area contributed by atoms with Gasteiger partial charge in [0.15, 0.2) is 17.1 Å².